The molecule has 1 atom stereocenters. The minimum Gasteiger partial charge on any atom is -0.468 e. The minimum absolute atomic E-state index is 0.182. The summed E-state index contributed by atoms with van der Waals surface area (Å²) in [6, 6.07) is 0. The Labute approximate surface area is 91.1 Å². The molecule has 1 rings (SSSR count). The molecular weight excluding hydrogens is 191 g/mol. The maximum Gasteiger partial charge on any atom is 0.268 e. The van der Waals surface area contributed by atoms with Crippen LogP contribution in [-0.2, 0) is 23.6 Å². The first-order valence-electron chi connectivity index (χ1n) is 5.08. The van der Waals surface area contributed by atoms with Crippen molar-refractivity contribution < 1.29 is 14.1 Å². The van der Waals surface area contributed by atoms with E-state index in [1.807, 2.05) is 56.8 Å². The Hall–Kier alpha value is -1.26. The van der Waals surface area contributed by atoms with Crippen molar-refractivity contribution in [3.05, 3.63) is 12.4 Å². The number of imidazole rings is 1. The summed E-state index contributed by atoms with van der Waals surface area (Å²) in [6.07, 6.45) is 3.90. The smallest absolute Gasteiger partial charge is 0.268 e. The Morgan fingerprint density at radius 3 is 2.87 bits per heavy atom. The highest BCUT2D eigenvalue weighted by Crippen LogP contribution is 2.02. The molecule has 2 radical (unpaired) electrons. The van der Waals surface area contributed by atoms with Gasteiger partial charge in [0.1, 0.15) is 12.4 Å². The van der Waals surface area contributed by atoms with Crippen LogP contribution in [0.25, 0.3) is 0 Å². The lowest BCUT2D eigenvalue weighted by atomic mass is 9.64. The Morgan fingerprint density at radius 1 is 1.73 bits per heavy atom. The molecule has 4 nitrogen and oxygen atoms in total. The number of aromatic nitrogens is 2. The van der Waals surface area contributed by atoms with Crippen LogP contribution < -0.4 is 10.3 Å². The third-order valence-electron chi connectivity index (χ3n) is 2.29. The molecule has 1 heterocycles. The van der Waals surface area contributed by atoms with Gasteiger partial charge in [-0.3, -0.25) is 13.9 Å². The van der Waals surface area contributed by atoms with Crippen LogP contribution in [0.5, 0.6) is 0 Å². The lowest BCUT2D eigenvalue weighted by Gasteiger charge is -2.20. The van der Waals surface area contributed by atoms with E-state index in [4.69, 9.17) is 4.74 Å². The topological polar surface area (TPSA) is 35.1 Å². The number of carbonyl (C=O) groups is 1. The van der Waals surface area contributed by atoms with E-state index in [0.29, 0.717) is 6.61 Å². The fraction of sp³-hybridized carbons (Fsp3) is 0.600. The van der Waals surface area contributed by atoms with Gasteiger partial charge in [-0.15, -0.1) is 5.82 Å². The normalized spacial score (nSPS) is 12.5. The molecule has 0 unspecified atom stereocenters. The first kappa shape index (κ1) is 11.8. The first-order valence-corrected chi connectivity index (χ1v) is 5.08. The Morgan fingerprint density at radius 2 is 2.40 bits per heavy atom. The number of nitrogens with zero attached hydrogens (tertiary/aromatic N) is 2. The van der Waals surface area contributed by atoms with Crippen molar-refractivity contribution in [1.29, 1.82) is 0 Å². The number of hydrogen-bond donors (Lipinski definition) is 0. The van der Waals surface area contributed by atoms with Crippen LogP contribution in [-0.4, -0.2) is 24.4 Å². The summed E-state index contributed by atoms with van der Waals surface area (Å²) in [5.41, 5.74) is 0.996. The highest BCUT2D eigenvalue weighted by atomic mass is 16.5. The molecule has 0 aliphatic carbocycles. The van der Waals surface area contributed by atoms with Gasteiger partial charge in [-0.05, 0) is 6.92 Å². The molecule has 15 heavy (non-hydrogen) atoms. The summed E-state index contributed by atoms with van der Waals surface area (Å²) in [6.45, 7) is 4.08. The van der Waals surface area contributed by atoms with Gasteiger partial charge in [0.25, 0.3) is 5.97 Å². The molecular formula is C10H17BN2O2. The number of rotatable bonds is 4. The van der Waals surface area contributed by atoms with Crippen molar-refractivity contribution in [2.24, 2.45) is 14.1 Å². The molecule has 82 valence electrons. The predicted octanol–water partition coefficient (Wildman–Crippen LogP) is -0.449. The summed E-state index contributed by atoms with van der Waals surface area (Å²) < 4.78 is 8.88. The molecule has 0 N–H and O–H groups in total. The molecule has 0 fully saturated rings. The summed E-state index contributed by atoms with van der Waals surface area (Å²) in [5.74, 6) is -0.400. The largest absolute Gasteiger partial charge is 0.468 e. The lowest BCUT2D eigenvalue weighted by molar-refractivity contribution is -0.653. The molecule has 1 aromatic rings. The molecule has 0 aliphatic heterocycles. The zero-order valence-corrected chi connectivity index (χ0v) is 9.73. The first-order chi connectivity index (χ1) is 7.06. The molecule has 0 aliphatic rings. The van der Waals surface area contributed by atoms with Gasteiger partial charge in [0.2, 0.25) is 0 Å². The van der Waals surface area contributed by atoms with Crippen molar-refractivity contribution in [3.8, 4) is 0 Å². The quantitative estimate of drug-likeness (QED) is 0.381. The summed E-state index contributed by atoms with van der Waals surface area (Å²) in [5, 5.41) is 0. The van der Waals surface area contributed by atoms with E-state index in [1.54, 1.807) is 0 Å². The summed E-state index contributed by atoms with van der Waals surface area (Å²) >= 11 is 0. The van der Waals surface area contributed by atoms with Crippen LogP contribution >= 0.6 is 0 Å². The van der Waals surface area contributed by atoms with Crippen molar-refractivity contribution in [2.75, 3.05) is 6.61 Å². The Kier molecular flexibility index (Phi) is 3.94. The highest BCUT2D eigenvalue weighted by molar-refractivity contribution is 6.56. The van der Waals surface area contributed by atoms with E-state index in [9.17, 15) is 4.79 Å². The second-order valence-electron chi connectivity index (χ2n) is 3.59. The zero-order chi connectivity index (χ0) is 11.4. The van der Waals surface area contributed by atoms with Crippen LogP contribution in [0, 0.1) is 0 Å². The second-order valence-corrected chi connectivity index (χ2v) is 3.59. The van der Waals surface area contributed by atoms with E-state index in [1.165, 1.54) is 0 Å². The SMILES string of the molecule is CCOC(=O)[C@@H](C)[B-]c1n(C)cc[n+]1C. The number of esters is 1. The highest BCUT2D eigenvalue weighted by Gasteiger charge is 2.08. The van der Waals surface area contributed by atoms with Gasteiger partial charge in [-0.25, -0.2) is 0 Å². The number of carbonyl (C=O) groups excluding carboxylic acids is 1. The molecule has 0 amide bonds. The number of hydrogen-bond acceptors (Lipinski definition) is 2. The lowest BCUT2D eigenvalue weighted by Crippen LogP contribution is -2.51. The van der Waals surface area contributed by atoms with Gasteiger partial charge in [0.05, 0.1) is 20.7 Å². The van der Waals surface area contributed by atoms with E-state index >= 15 is 0 Å². The van der Waals surface area contributed by atoms with Crippen LogP contribution in [0.3, 0.4) is 0 Å². The number of aryl methyl sites for hydroxylation is 2. The zero-order valence-electron chi connectivity index (χ0n) is 9.73. The van der Waals surface area contributed by atoms with Gasteiger partial charge < -0.3 is 4.74 Å². The van der Waals surface area contributed by atoms with Gasteiger partial charge in [-0.1, -0.05) is 6.92 Å². The van der Waals surface area contributed by atoms with E-state index in [-0.39, 0.29) is 11.8 Å². The third-order valence-corrected chi connectivity index (χ3v) is 2.29. The molecule has 1 aromatic heterocycles. The average molecular weight is 208 g/mol. The minimum atomic E-state index is -0.218. The third kappa shape index (κ3) is 2.84. The van der Waals surface area contributed by atoms with Gasteiger partial charge in [-0.2, -0.15) is 7.28 Å². The molecule has 0 aromatic carbocycles. The van der Waals surface area contributed by atoms with Crippen LogP contribution in [0.1, 0.15) is 13.8 Å². The van der Waals surface area contributed by atoms with Gasteiger partial charge in [0, 0.05) is 5.72 Å². The molecule has 0 spiro atoms. The van der Waals surface area contributed by atoms with Crippen molar-refractivity contribution in [2.45, 2.75) is 19.7 Å². The predicted molar refractivity (Wildman–Crippen MR) is 58.0 cm³/mol. The van der Waals surface area contributed by atoms with Crippen molar-refractivity contribution >= 4 is 19.0 Å². The van der Waals surface area contributed by atoms with Crippen LogP contribution in [0.2, 0.25) is 5.82 Å². The maximum absolute atomic E-state index is 11.4. The van der Waals surface area contributed by atoms with Crippen molar-refractivity contribution in [3.63, 3.8) is 0 Å². The maximum atomic E-state index is 11.4. The Balaban J connectivity index is 2.66. The van der Waals surface area contributed by atoms with Gasteiger partial charge >= 0.3 is 0 Å². The standard InChI is InChI=1S/C10H17BN2O2/c1-5-15-9(14)8(2)11-10-12(3)6-7-13(10)4/h6-8H,5H2,1-4H3/t8-/m1/s1. The summed E-state index contributed by atoms with van der Waals surface area (Å²) in [7, 11) is 5.80. The average Bonchev–Trinajstić information content (AvgIpc) is 2.49. The summed E-state index contributed by atoms with van der Waals surface area (Å²) in [4.78, 5) is 11.4. The van der Waals surface area contributed by atoms with Crippen LogP contribution in [0.15, 0.2) is 12.4 Å². The molecule has 0 bridgehead atoms. The molecule has 0 saturated carbocycles. The van der Waals surface area contributed by atoms with Gasteiger partial charge in [0.15, 0.2) is 0 Å². The fourth-order valence-electron chi connectivity index (χ4n) is 1.40. The monoisotopic (exact) mass is 208 g/mol. The molecule has 5 heteroatoms. The van der Waals surface area contributed by atoms with Crippen molar-refractivity contribution in [1.82, 2.24) is 4.57 Å². The fourth-order valence-corrected chi connectivity index (χ4v) is 1.40. The van der Waals surface area contributed by atoms with Crippen LogP contribution in [0.4, 0.5) is 0 Å². The number of ether oxygens (including phenoxy) is 1. The van der Waals surface area contributed by atoms with E-state index in [2.05, 4.69) is 0 Å². The second kappa shape index (κ2) is 5.00. The Bertz CT molecular complexity index is 330. The van der Waals surface area contributed by atoms with E-state index < -0.39 is 0 Å². The van der Waals surface area contributed by atoms with E-state index in [0.717, 1.165) is 5.72 Å². The molecule has 0 saturated heterocycles.